The molecule has 0 aliphatic rings. The first kappa shape index (κ1) is 10.6. The summed E-state index contributed by atoms with van der Waals surface area (Å²) in [6.07, 6.45) is 1.52. The largest absolute Gasteiger partial charge is 0.545 e. The highest BCUT2D eigenvalue weighted by Gasteiger charge is 2.04. The molecule has 3 nitrogen and oxygen atoms in total. The molecule has 74 valence electrons. The van der Waals surface area contributed by atoms with Gasteiger partial charge in [-0.05, 0) is 18.2 Å². The summed E-state index contributed by atoms with van der Waals surface area (Å²) in [5.41, 5.74) is -0.0562. The van der Waals surface area contributed by atoms with Gasteiger partial charge in [-0.2, -0.15) is 0 Å². The highest BCUT2D eigenvalue weighted by molar-refractivity contribution is 6.31. The lowest BCUT2D eigenvalue weighted by molar-refractivity contribution is -0.255. The van der Waals surface area contributed by atoms with Crippen molar-refractivity contribution in [1.82, 2.24) is 0 Å². The molecule has 0 radical (unpaired) electrons. The minimum Gasteiger partial charge on any atom is -0.545 e. The zero-order valence-electron chi connectivity index (χ0n) is 7.33. The normalized spacial score (nSPS) is 9.50. The Labute approximate surface area is 86.6 Å². The van der Waals surface area contributed by atoms with E-state index >= 15 is 0 Å². The van der Waals surface area contributed by atoms with Crippen LogP contribution >= 0.6 is 11.6 Å². The average molecular weight is 212 g/mol. The van der Waals surface area contributed by atoms with Crippen molar-refractivity contribution in [3.8, 4) is 5.75 Å². The molecule has 0 aliphatic carbocycles. The van der Waals surface area contributed by atoms with Crippen molar-refractivity contribution in [3.63, 3.8) is 0 Å². The Morgan fingerprint density at radius 1 is 1.64 bits per heavy atom. The molecule has 0 aromatic heterocycles. The van der Waals surface area contributed by atoms with Crippen molar-refractivity contribution in [2.75, 3.05) is 6.61 Å². The van der Waals surface area contributed by atoms with Crippen LogP contribution < -0.4 is 9.84 Å². The molecule has 0 amide bonds. The van der Waals surface area contributed by atoms with Gasteiger partial charge in [0, 0.05) is 10.6 Å². The Kier molecular flexibility index (Phi) is 3.54. The molecule has 1 aromatic carbocycles. The molecule has 0 saturated carbocycles. The molecular weight excluding hydrogens is 204 g/mol. The lowest BCUT2D eigenvalue weighted by atomic mass is 10.2. The van der Waals surface area contributed by atoms with Gasteiger partial charge >= 0.3 is 0 Å². The number of benzene rings is 1. The van der Waals surface area contributed by atoms with Crippen molar-refractivity contribution in [2.45, 2.75) is 0 Å². The smallest absolute Gasteiger partial charge is 0.128 e. The van der Waals surface area contributed by atoms with Crippen molar-refractivity contribution < 1.29 is 14.6 Å². The van der Waals surface area contributed by atoms with Gasteiger partial charge < -0.3 is 14.6 Å². The molecule has 4 heteroatoms. The third kappa shape index (κ3) is 2.50. The minimum absolute atomic E-state index is 0.0562. The molecule has 0 fully saturated rings. The summed E-state index contributed by atoms with van der Waals surface area (Å²) < 4.78 is 5.11. The Morgan fingerprint density at radius 3 is 2.93 bits per heavy atom. The number of hydrogen-bond donors (Lipinski definition) is 0. The van der Waals surface area contributed by atoms with Crippen molar-refractivity contribution in [1.29, 1.82) is 0 Å². The summed E-state index contributed by atoms with van der Waals surface area (Å²) in [5.74, 6) is -1.08. The van der Waals surface area contributed by atoms with Gasteiger partial charge in [0.25, 0.3) is 0 Å². The van der Waals surface area contributed by atoms with Crippen LogP contribution in [0.4, 0.5) is 0 Å². The second kappa shape index (κ2) is 4.67. The highest BCUT2D eigenvalue weighted by Crippen LogP contribution is 2.22. The third-order valence-corrected chi connectivity index (χ3v) is 1.75. The number of rotatable bonds is 4. The van der Waals surface area contributed by atoms with Gasteiger partial charge in [0.05, 0.1) is 5.97 Å². The van der Waals surface area contributed by atoms with Gasteiger partial charge in [-0.15, -0.1) is 0 Å². The maximum Gasteiger partial charge on any atom is 0.128 e. The highest BCUT2D eigenvalue weighted by atomic mass is 35.5. The van der Waals surface area contributed by atoms with Crippen LogP contribution in [0.25, 0.3) is 0 Å². The molecule has 0 N–H and O–H groups in total. The van der Waals surface area contributed by atoms with Gasteiger partial charge in [-0.1, -0.05) is 24.3 Å². The van der Waals surface area contributed by atoms with Crippen LogP contribution in [0.2, 0.25) is 5.02 Å². The van der Waals surface area contributed by atoms with Crippen LogP contribution in [0.15, 0.2) is 30.9 Å². The number of carboxylic acid groups (broad SMARTS) is 1. The predicted molar refractivity (Wildman–Crippen MR) is 51.5 cm³/mol. The SMILES string of the molecule is C=CCOc1ccc(Cl)cc1C(=O)[O-]. The van der Waals surface area contributed by atoms with Crippen LogP contribution in [0, 0.1) is 0 Å². The number of hydrogen-bond acceptors (Lipinski definition) is 3. The van der Waals surface area contributed by atoms with Crippen molar-refractivity contribution >= 4 is 17.6 Å². The van der Waals surface area contributed by atoms with E-state index in [-0.39, 0.29) is 17.9 Å². The van der Waals surface area contributed by atoms with E-state index in [4.69, 9.17) is 16.3 Å². The van der Waals surface area contributed by atoms with E-state index < -0.39 is 5.97 Å². The van der Waals surface area contributed by atoms with Gasteiger partial charge in [0.15, 0.2) is 0 Å². The van der Waals surface area contributed by atoms with Crippen molar-refractivity contribution in [3.05, 3.63) is 41.4 Å². The number of carbonyl (C=O) groups excluding carboxylic acids is 1. The molecule has 0 unspecified atom stereocenters. The summed E-state index contributed by atoms with van der Waals surface area (Å²) in [5, 5.41) is 11.0. The van der Waals surface area contributed by atoms with Gasteiger partial charge in [0.1, 0.15) is 12.4 Å². The second-order valence-corrected chi connectivity index (χ2v) is 2.96. The molecule has 1 rings (SSSR count). The fourth-order valence-electron chi connectivity index (χ4n) is 0.936. The van der Waals surface area contributed by atoms with Crippen LogP contribution in [-0.2, 0) is 0 Å². The summed E-state index contributed by atoms with van der Waals surface area (Å²) in [6, 6.07) is 4.32. The Bertz CT molecular complexity index is 360. The maximum atomic E-state index is 10.7. The Balaban J connectivity index is 3.01. The van der Waals surface area contributed by atoms with Gasteiger partial charge in [-0.25, -0.2) is 0 Å². The molecule has 14 heavy (non-hydrogen) atoms. The minimum atomic E-state index is -1.31. The van der Waals surface area contributed by atoms with E-state index in [9.17, 15) is 9.90 Å². The quantitative estimate of drug-likeness (QED) is 0.705. The number of carboxylic acids is 1. The van der Waals surface area contributed by atoms with Crippen LogP contribution in [0.5, 0.6) is 5.75 Å². The summed E-state index contributed by atoms with van der Waals surface area (Å²) in [7, 11) is 0. The monoisotopic (exact) mass is 211 g/mol. The van der Waals surface area contributed by atoms with Crippen molar-refractivity contribution in [2.24, 2.45) is 0 Å². The summed E-state index contributed by atoms with van der Waals surface area (Å²) >= 11 is 5.63. The number of aromatic carboxylic acids is 1. The number of carbonyl (C=O) groups is 1. The summed E-state index contributed by atoms with van der Waals surface area (Å²) in [6.45, 7) is 3.69. The molecule has 0 spiro atoms. The molecule has 0 atom stereocenters. The molecule has 0 bridgehead atoms. The van der Waals surface area contributed by atoms with E-state index in [0.29, 0.717) is 5.02 Å². The van der Waals surface area contributed by atoms with E-state index in [1.807, 2.05) is 0 Å². The first-order valence-electron chi connectivity index (χ1n) is 3.89. The van der Waals surface area contributed by atoms with E-state index in [1.165, 1.54) is 18.2 Å². The topological polar surface area (TPSA) is 49.4 Å². The molecule has 0 aliphatic heterocycles. The van der Waals surface area contributed by atoms with E-state index in [1.54, 1.807) is 6.07 Å². The number of ether oxygens (including phenoxy) is 1. The lowest BCUT2D eigenvalue weighted by Crippen LogP contribution is -2.23. The molecule has 1 aromatic rings. The molecular formula is C10H8ClO3-. The summed E-state index contributed by atoms with van der Waals surface area (Å²) in [4.78, 5) is 10.7. The first-order chi connectivity index (χ1) is 6.65. The average Bonchev–Trinajstić information content (AvgIpc) is 2.15. The van der Waals surface area contributed by atoms with E-state index in [2.05, 4.69) is 6.58 Å². The molecule has 0 heterocycles. The maximum absolute atomic E-state index is 10.7. The van der Waals surface area contributed by atoms with Crippen LogP contribution in [0.1, 0.15) is 10.4 Å². The fourth-order valence-corrected chi connectivity index (χ4v) is 1.11. The van der Waals surface area contributed by atoms with Gasteiger partial charge in [-0.3, -0.25) is 0 Å². The van der Waals surface area contributed by atoms with Gasteiger partial charge in [0.2, 0.25) is 0 Å². The first-order valence-corrected chi connectivity index (χ1v) is 4.27. The van der Waals surface area contributed by atoms with E-state index in [0.717, 1.165) is 0 Å². The predicted octanol–water partition coefficient (Wildman–Crippen LogP) is 1.27. The standard InChI is InChI=1S/C10H9ClO3/c1-2-5-14-9-4-3-7(11)6-8(9)10(12)13/h2-4,6H,1,5H2,(H,12,13)/p-1. The lowest BCUT2D eigenvalue weighted by Gasteiger charge is -2.10. The third-order valence-electron chi connectivity index (χ3n) is 1.52. The fraction of sp³-hybridized carbons (Fsp3) is 0.100. The van der Waals surface area contributed by atoms with Crippen LogP contribution in [0.3, 0.4) is 0 Å². The zero-order valence-corrected chi connectivity index (χ0v) is 8.08. The number of halogens is 1. The zero-order chi connectivity index (χ0) is 10.6. The second-order valence-electron chi connectivity index (χ2n) is 2.53. The Morgan fingerprint density at radius 2 is 2.36 bits per heavy atom. The van der Waals surface area contributed by atoms with Crippen LogP contribution in [-0.4, -0.2) is 12.6 Å². The molecule has 0 saturated heterocycles. The Hall–Kier alpha value is -1.48.